The van der Waals surface area contributed by atoms with Gasteiger partial charge in [-0.15, -0.1) is 0 Å². The van der Waals surface area contributed by atoms with Gasteiger partial charge >= 0.3 is 0 Å². The number of halogens is 1. The Labute approximate surface area is 156 Å². The maximum absolute atomic E-state index is 12.2. The van der Waals surface area contributed by atoms with E-state index in [1.54, 1.807) is 18.5 Å². The van der Waals surface area contributed by atoms with E-state index < -0.39 is 5.91 Å². The lowest BCUT2D eigenvalue weighted by Crippen LogP contribution is -2.42. The molecule has 2 aromatic carbocycles. The Morgan fingerprint density at radius 2 is 1.96 bits per heavy atom. The van der Waals surface area contributed by atoms with Gasteiger partial charge < -0.3 is 9.40 Å². The second-order valence-corrected chi connectivity index (χ2v) is 6.75. The van der Waals surface area contributed by atoms with E-state index >= 15 is 0 Å². The van der Waals surface area contributed by atoms with Crippen molar-refractivity contribution >= 4 is 49.5 Å². The van der Waals surface area contributed by atoms with Gasteiger partial charge in [0.25, 0.3) is 5.91 Å². The number of amides is 2. The second kappa shape index (κ2) is 6.68. The van der Waals surface area contributed by atoms with Crippen molar-refractivity contribution in [2.45, 2.75) is 6.42 Å². The highest BCUT2D eigenvalue weighted by Crippen LogP contribution is 2.30. The maximum Gasteiger partial charge on any atom is 0.286 e. The predicted molar refractivity (Wildman–Crippen MR) is 102 cm³/mol. The molecular weight excluding hydrogens is 398 g/mol. The molecule has 0 aliphatic rings. The molecule has 0 bridgehead atoms. The number of aromatic amines is 1. The molecule has 0 unspecified atom stereocenters. The van der Waals surface area contributed by atoms with E-state index in [0.717, 1.165) is 31.8 Å². The maximum atomic E-state index is 12.2. The van der Waals surface area contributed by atoms with Crippen molar-refractivity contribution in [2.24, 2.45) is 0 Å². The molecule has 6 nitrogen and oxygen atoms in total. The van der Waals surface area contributed by atoms with Crippen LogP contribution in [0.1, 0.15) is 16.1 Å². The van der Waals surface area contributed by atoms with Gasteiger partial charge in [-0.25, -0.2) is 0 Å². The molecule has 2 heterocycles. The number of carbonyl (C=O) groups is 2. The van der Waals surface area contributed by atoms with Gasteiger partial charge in [0.1, 0.15) is 11.3 Å². The fourth-order valence-corrected chi connectivity index (χ4v) is 3.26. The first-order valence-electron chi connectivity index (χ1n) is 7.93. The summed E-state index contributed by atoms with van der Waals surface area (Å²) in [6.45, 7) is 0. The number of benzene rings is 2. The Hall–Kier alpha value is -3.06. The average molecular weight is 412 g/mol. The van der Waals surface area contributed by atoms with Gasteiger partial charge in [0.05, 0.1) is 12.7 Å². The minimum Gasteiger partial charge on any atom is -0.464 e. The highest BCUT2D eigenvalue weighted by molar-refractivity contribution is 9.10. The molecule has 0 radical (unpaired) electrons. The summed E-state index contributed by atoms with van der Waals surface area (Å²) in [5.74, 6) is -0.758. The molecule has 0 aliphatic heterocycles. The third-order valence-corrected chi connectivity index (χ3v) is 4.56. The lowest BCUT2D eigenvalue weighted by atomic mass is 10.0. The van der Waals surface area contributed by atoms with Crippen molar-refractivity contribution in [3.05, 3.63) is 70.7 Å². The fraction of sp³-hybridized carbons (Fsp3) is 0.0526. The van der Waals surface area contributed by atoms with Gasteiger partial charge in [0.15, 0.2) is 0 Å². The smallest absolute Gasteiger partial charge is 0.286 e. The Kier molecular flexibility index (Phi) is 4.22. The molecule has 4 rings (SSSR count). The SMILES string of the molecule is O=C(Cc1coc2ccc3ccccc3c12)NNC(=O)c1cc(Br)c[nH]1. The molecule has 0 spiro atoms. The number of furan rings is 1. The van der Waals surface area contributed by atoms with Crippen molar-refractivity contribution in [1.82, 2.24) is 15.8 Å². The molecule has 3 N–H and O–H groups in total. The number of hydrogen-bond donors (Lipinski definition) is 3. The van der Waals surface area contributed by atoms with Gasteiger partial charge in [0, 0.05) is 21.6 Å². The first-order valence-corrected chi connectivity index (χ1v) is 8.72. The van der Waals surface area contributed by atoms with E-state index in [1.807, 2.05) is 36.4 Å². The van der Waals surface area contributed by atoms with E-state index in [0.29, 0.717) is 5.69 Å². The van der Waals surface area contributed by atoms with Crippen LogP contribution in [0.5, 0.6) is 0 Å². The molecular formula is C19H14BrN3O3. The zero-order chi connectivity index (χ0) is 18.1. The van der Waals surface area contributed by atoms with Gasteiger partial charge in [-0.05, 0) is 38.8 Å². The molecule has 0 saturated carbocycles. The van der Waals surface area contributed by atoms with E-state index in [1.165, 1.54) is 0 Å². The third kappa shape index (κ3) is 3.09. The van der Waals surface area contributed by atoms with E-state index in [4.69, 9.17) is 4.42 Å². The molecule has 2 aromatic heterocycles. The summed E-state index contributed by atoms with van der Waals surface area (Å²) in [4.78, 5) is 27.0. The summed E-state index contributed by atoms with van der Waals surface area (Å²) in [6, 6.07) is 13.4. The first kappa shape index (κ1) is 16.4. The highest BCUT2D eigenvalue weighted by Gasteiger charge is 2.14. The Balaban J connectivity index is 1.51. The molecule has 0 atom stereocenters. The van der Waals surface area contributed by atoms with Crippen LogP contribution in [0, 0.1) is 0 Å². The summed E-state index contributed by atoms with van der Waals surface area (Å²) >= 11 is 3.25. The number of aromatic nitrogens is 1. The minimum absolute atomic E-state index is 0.0930. The van der Waals surface area contributed by atoms with Crippen LogP contribution in [-0.4, -0.2) is 16.8 Å². The summed E-state index contributed by atoms with van der Waals surface area (Å²) in [7, 11) is 0. The van der Waals surface area contributed by atoms with E-state index in [9.17, 15) is 9.59 Å². The lowest BCUT2D eigenvalue weighted by Gasteiger charge is -2.06. The van der Waals surface area contributed by atoms with Gasteiger partial charge in [-0.1, -0.05) is 30.3 Å². The van der Waals surface area contributed by atoms with Crippen LogP contribution in [0.4, 0.5) is 0 Å². The minimum atomic E-state index is -0.424. The van der Waals surface area contributed by atoms with E-state index in [-0.39, 0.29) is 12.3 Å². The average Bonchev–Trinajstić information content (AvgIpc) is 3.26. The summed E-state index contributed by atoms with van der Waals surface area (Å²) in [6.07, 6.45) is 3.32. The van der Waals surface area contributed by atoms with Crippen LogP contribution in [0.3, 0.4) is 0 Å². The number of hydrogen-bond acceptors (Lipinski definition) is 3. The van der Waals surface area contributed by atoms with Crippen LogP contribution in [0.25, 0.3) is 21.7 Å². The van der Waals surface area contributed by atoms with Gasteiger partial charge in [-0.3, -0.25) is 20.4 Å². The molecule has 7 heteroatoms. The molecule has 26 heavy (non-hydrogen) atoms. The van der Waals surface area contributed by atoms with Crippen molar-refractivity contribution in [3.63, 3.8) is 0 Å². The van der Waals surface area contributed by atoms with Crippen LogP contribution >= 0.6 is 15.9 Å². The Morgan fingerprint density at radius 3 is 2.77 bits per heavy atom. The summed E-state index contributed by atoms with van der Waals surface area (Å²) in [5.41, 5.74) is 6.66. The molecule has 4 aromatic rings. The number of rotatable bonds is 3. The molecule has 0 saturated heterocycles. The van der Waals surface area contributed by atoms with Crippen molar-refractivity contribution in [2.75, 3.05) is 0 Å². The van der Waals surface area contributed by atoms with Crippen molar-refractivity contribution in [3.8, 4) is 0 Å². The third-order valence-electron chi connectivity index (χ3n) is 4.10. The second-order valence-electron chi connectivity index (χ2n) is 5.83. The van der Waals surface area contributed by atoms with Crippen molar-refractivity contribution < 1.29 is 14.0 Å². The number of hydrazine groups is 1. The Morgan fingerprint density at radius 1 is 1.12 bits per heavy atom. The topological polar surface area (TPSA) is 87.1 Å². The fourth-order valence-electron chi connectivity index (χ4n) is 2.91. The molecule has 130 valence electrons. The van der Waals surface area contributed by atoms with Gasteiger partial charge in [-0.2, -0.15) is 0 Å². The van der Waals surface area contributed by atoms with E-state index in [2.05, 4.69) is 31.8 Å². The van der Waals surface area contributed by atoms with Crippen LogP contribution in [0.15, 0.2) is 63.8 Å². The number of carbonyl (C=O) groups excluding carboxylic acids is 2. The predicted octanol–water partition coefficient (Wildman–Crippen LogP) is 3.68. The number of nitrogens with one attached hydrogen (secondary N) is 3. The number of fused-ring (bicyclic) bond motifs is 3. The van der Waals surface area contributed by atoms with Crippen LogP contribution in [0.2, 0.25) is 0 Å². The molecule has 0 fully saturated rings. The Bertz CT molecular complexity index is 1130. The van der Waals surface area contributed by atoms with Crippen LogP contribution in [-0.2, 0) is 11.2 Å². The van der Waals surface area contributed by atoms with Gasteiger partial charge in [0.2, 0.25) is 5.91 Å². The van der Waals surface area contributed by atoms with Crippen LogP contribution < -0.4 is 10.9 Å². The monoisotopic (exact) mass is 411 g/mol. The molecule has 0 aliphatic carbocycles. The molecule has 2 amide bonds. The summed E-state index contributed by atoms with van der Waals surface area (Å²) < 4.78 is 6.33. The largest absolute Gasteiger partial charge is 0.464 e. The zero-order valence-corrected chi connectivity index (χ0v) is 15.1. The lowest BCUT2D eigenvalue weighted by molar-refractivity contribution is -0.121. The first-order chi connectivity index (χ1) is 12.6. The highest BCUT2D eigenvalue weighted by atomic mass is 79.9. The summed E-state index contributed by atoms with van der Waals surface area (Å²) in [5, 5.41) is 3.02. The number of H-pyrrole nitrogens is 1. The zero-order valence-electron chi connectivity index (χ0n) is 13.5. The standard InChI is InChI=1S/C19H14BrN3O3/c20-13-8-15(21-9-13)19(25)23-22-17(24)7-12-10-26-16-6-5-11-3-1-2-4-14(11)18(12)16/h1-6,8-10,21H,7H2,(H,22,24)(H,23,25). The van der Waals surface area contributed by atoms with Crippen molar-refractivity contribution in [1.29, 1.82) is 0 Å². The normalized spacial score (nSPS) is 11.0. The quantitative estimate of drug-likeness (QED) is 0.449.